The van der Waals surface area contributed by atoms with E-state index in [1.54, 1.807) is 42.1 Å². The van der Waals surface area contributed by atoms with Gasteiger partial charge in [-0.05, 0) is 55.0 Å². The Balaban J connectivity index is 1.59. The van der Waals surface area contributed by atoms with Crippen LogP contribution >= 0.6 is 0 Å². The molecule has 208 valence electrons. The number of benzene rings is 4. The average molecular weight is 550 g/mol. The first-order valence-corrected chi connectivity index (χ1v) is 13.4. The van der Waals surface area contributed by atoms with Crippen LogP contribution in [0.25, 0.3) is 11.0 Å². The van der Waals surface area contributed by atoms with Gasteiger partial charge < -0.3 is 14.8 Å². The molecule has 0 aliphatic rings. The normalized spacial score (nSPS) is 11.6. The minimum absolute atomic E-state index is 0.133. The number of methoxy groups -OCH3 is 1. The Morgan fingerprint density at radius 3 is 2.37 bits per heavy atom. The first-order valence-electron chi connectivity index (χ1n) is 13.4. The lowest BCUT2D eigenvalue weighted by Crippen LogP contribution is -2.45. The molecule has 5 aromatic rings. The molecule has 0 aliphatic carbocycles. The summed E-state index contributed by atoms with van der Waals surface area (Å²) in [6.07, 6.45) is 0. The number of hydrogen-bond acceptors (Lipinski definition) is 6. The number of nitrogens with one attached hydrogen (secondary N) is 1. The number of carbonyl (C=O) groups excluding carboxylic acids is 2. The predicted molar refractivity (Wildman–Crippen MR) is 157 cm³/mol. The lowest BCUT2D eigenvalue weighted by molar-refractivity contribution is -0.127. The highest BCUT2D eigenvalue weighted by atomic mass is 16.5. The summed E-state index contributed by atoms with van der Waals surface area (Å²) < 4.78 is 12.8. The number of anilines is 1. The molecule has 9 nitrogen and oxygen atoms in total. The summed E-state index contributed by atoms with van der Waals surface area (Å²) in [6.45, 7) is 2.44. The van der Waals surface area contributed by atoms with Crippen molar-refractivity contribution >= 4 is 28.5 Å². The van der Waals surface area contributed by atoms with Gasteiger partial charge in [0.2, 0.25) is 11.8 Å². The number of amides is 2. The molecular weight excluding hydrogens is 518 g/mol. The van der Waals surface area contributed by atoms with E-state index in [9.17, 15) is 9.59 Å². The van der Waals surface area contributed by atoms with Crippen LogP contribution in [0, 0.1) is 0 Å². The van der Waals surface area contributed by atoms with E-state index >= 15 is 0 Å². The van der Waals surface area contributed by atoms with Crippen molar-refractivity contribution in [1.82, 2.24) is 20.3 Å². The Hall–Kier alpha value is -5.18. The van der Waals surface area contributed by atoms with Crippen molar-refractivity contribution in [2.75, 3.05) is 18.6 Å². The lowest BCUT2D eigenvalue weighted by Gasteiger charge is -2.32. The zero-order valence-corrected chi connectivity index (χ0v) is 22.9. The Morgan fingerprint density at radius 1 is 0.902 bits per heavy atom. The number of para-hydroxylation sites is 2. The van der Waals surface area contributed by atoms with Gasteiger partial charge in [-0.15, -0.1) is 5.10 Å². The van der Waals surface area contributed by atoms with Crippen molar-refractivity contribution in [3.05, 3.63) is 114 Å². The zero-order chi connectivity index (χ0) is 28.6. The van der Waals surface area contributed by atoms with Gasteiger partial charge in [-0.3, -0.25) is 14.5 Å². The molecule has 1 unspecified atom stereocenters. The van der Waals surface area contributed by atoms with Crippen LogP contribution in [0.5, 0.6) is 11.5 Å². The van der Waals surface area contributed by atoms with Gasteiger partial charge in [0.05, 0.1) is 19.2 Å². The van der Waals surface area contributed by atoms with E-state index in [0.717, 1.165) is 11.1 Å². The SMILES string of the molecule is CCOc1ccccc1C(C(=O)NCc1ccccc1)N(C(=O)Cn1nnc2ccccc21)c1ccc(OC)cc1. The van der Waals surface area contributed by atoms with Crippen molar-refractivity contribution in [3.8, 4) is 11.5 Å². The van der Waals surface area contributed by atoms with Crippen molar-refractivity contribution in [2.45, 2.75) is 26.1 Å². The van der Waals surface area contributed by atoms with Crippen LogP contribution in [0.2, 0.25) is 0 Å². The standard InChI is InChI=1S/C32H31N5O4/c1-3-41-29-16-10-7-13-26(29)31(32(39)33-21-23-11-5-4-6-12-23)37(24-17-19-25(40-2)20-18-24)30(38)22-36-28-15-9-8-14-27(28)34-35-36/h4-20,31H,3,21-22H2,1-2H3,(H,33,39). The quantitative estimate of drug-likeness (QED) is 0.251. The van der Waals surface area contributed by atoms with E-state index in [0.29, 0.717) is 41.4 Å². The number of carbonyl (C=O) groups is 2. The minimum Gasteiger partial charge on any atom is -0.497 e. The average Bonchev–Trinajstić information content (AvgIpc) is 3.42. The van der Waals surface area contributed by atoms with Crippen molar-refractivity contribution in [2.24, 2.45) is 0 Å². The first-order chi connectivity index (χ1) is 20.1. The van der Waals surface area contributed by atoms with Crippen LogP contribution in [0.4, 0.5) is 5.69 Å². The molecule has 1 aromatic heterocycles. The highest BCUT2D eigenvalue weighted by Crippen LogP contribution is 2.35. The van der Waals surface area contributed by atoms with Gasteiger partial charge in [0.1, 0.15) is 29.6 Å². The topological polar surface area (TPSA) is 98.6 Å². The number of aromatic nitrogens is 3. The van der Waals surface area contributed by atoms with E-state index in [1.807, 2.05) is 79.7 Å². The molecule has 1 atom stereocenters. The van der Waals surface area contributed by atoms with Gasteiger partial charge >= 0.3 is 0 Å². The molecule has 1 heterocycles. The third-order valence-electron chi connectivity index (χ3n) is 6.65. The Kier molecular flexibility index (Phi) is 8.54. The van der Waals surface area contributed by atoms with E-state index in [-0.39, 0.29) is 18.4 Å². The van der Waals surface area contributed by atoms with Gasteiger partial charge in [-0.25, -0.2) is 4.68 Å². The second-order valence-electron chi connectivity index (χ2n) is 9.27. The van der Waals surface area contributed by atoms with Crippen molar-refractivity contribution < 1.29 is 19.1 Å². The molecule has 0 aliphatic heterocycles. The summed E-state index contributed by atoms with van der Waals surface area (Å²) in [5.41, 5.74) is 3.42. The molecule has 0 saturated heterocycles. The van der Waals surface area contributed by atoms with Crippen LogP contribution in [-0.4, -0.2) is 40.5 Å². The van der Waals surface area contributed by atoms with Gasteiger partial charge in [0, 0.05) is 17.8 Å². The number of fused-ring (bicyclic) bond motifs is 1. The Labute approximate surface area is 238 Å². The van der Waals surface area contributed by atoms with Crippen LogP contribution in [0.15, 0.2) is 103 Å². The molecule has 0 saturated carbocycles. The van der Waals surface area contributed by atoms with Crippen LogP contribution in [0.1, 0.15) is 24.1 Å². The highest BCUT2D eigenvalue weighted by Gasteiger charge is 2.35. The highest BCUT2D eigenvalue weighted by molar-refractivity contribution is 6.02. The molecule has 0 fully saturated rings. The fraction of sp³-hybridized carbons (Fsp3) is 0.188. The van der Waals surface area contributed by atoms with E-state index in [4.69, 9.17) is 9.47 Å². The summed E-state index contributed by atoms with van der Waals surface area (Å²) >= 11 is 0. The predicted octanol–water partition coefficient (Wildman–Crippen LogP) is 4.93. The lowest BCUT2D eigenvalue weighted by atomic mass is 10.0. The summed E-state index contributed by atoms with van der Waals surface area (Å²) in [4.78, 5) is 29.9. The molecule has 41 heavy (non-hydrogen) atoms. The van der Waals surface area contributed by atoms with Crippen molar-refractivity contribution in [3.63, 3.8) is 0 Å². The maximum absolute atomic E-state index is 14.3. The van der Waals surface area contributed by atoms with E-state index < -0.39 is 6.04 Å². The van der Waals surface area contributed by atoms with Crippen LogP contribution in [0.3, 0.4) is 0 Å². The number of rotatable bonds is 11. The molecule has 4 aromatic carbocycles. The molecule has 5 rings (SSSR count). The monoisotopic (exact) mass is 549 g/mol. The second-order valence-corrected chi connectivity index (χ2v) is 9.27. The number of nitrogens with zero attached hydrogens (tertiary/aromatic N) is 4. The fourth-order valence-electron chi connectivity index (χ4n) is 4.69. The Bertz CT molecular complexity index is 1620. The summed E-state index contributed by atoms with van der Waals surface area (Å²) in [6, 6.07) is 30.3. The maximum atomic E-state index is 14.3. The van der Waals surface area contributed by atoms with Gasteiger partial charge in [0.25, 0.3) is 0 Å². The molecule has 0 bridgehead atoms. The molecule has 2 amide bonds. The maximum Gasteiger partial charge on any atom is 0.249 e. The molecule has 1 N–H and O–H groups in total. The smallest absolute Gasteiger partial charge is 0.249 e. The fourth-order valence-corrected chi connectivity index (χ4v) is 4.69. The number of hydrogen-bond donors (Lipinski definition) is 1. The summed E-state index contributed by atoms with van der Waals surface area (Å²) in [5.74, 6) is 0.446. The van der Waals surface area contributed by atoms with E-state index in [1.165, 1.54) is 4.90 Å². The van der Waals surface area contributed by atoms with Crippen molar-refractivity contribution in [1.29, 1.82) is 0 Å². The Morgan fingerprint density at radius 2 is 1.61 bits per heavy atom. The number of ether oxygens (including phenoxy) is 2. The minimum atomic E-state index is -1.04. The van der Waals surface area contributed by atoms with Crippen LogP contribution < -0.4 is 19.7 Å². The van der Waals surface area contributed by atoms with Gasteiger partial charge in [-0.1, -0.05) is 65.9 Å². The van der Waals surface area contributed by atoms with Gasteiger partial charge in [-0.2, -0.15) is 0 Å². The molecule has 0 spiro atoms. The second kappa shape index (κ2) is 12.8. The molecule has 9 heteroatoms. The zero-order valence-electron chi connectivity index (χ0n) is 22.9. The molecule has 0 radical (unpaired) electrons. The molecular formula is C32H31N5O4. The first kappa shape index (κ1) is 27.4. The summed E-state index contributed by atoms with van der Waals surface area (Å²) in [7, 11) is 1.58. The van der Waals surface area contributed by atoms with E-state index in [2.05, 4.69) is 15.6 Å². The van der Waals surface area contributed by atoms with Crippen LogP contribution in [-0.2, 0) is 22.7 Å². The third-order valence-corrected chi connectivity index (χ3v) is 6.65. The third kappa shape index (κ3) is 6.19. The largest absolute Gasteiger partial charge is 0.497 e. The summed E-state index contributed by atoms with van der Waals surface area (Å²) in [5, 5.41) is 11.4. The van der Waals surface area contributed by atoms with Gasteiger partial charge in [0.15, 0.2) is 0 Å².